The van der Waals surface area contributed by atoms with Crippen LogP contribution in [0.2, 0.25) is 0 Å². The van der Waals surface area contributed by atoms with Crippen LogP contribution in [0, 0.1) is 25.7 Å². The molecule has 0 saturated carbocycles. The Labute approximate surface area is 134 Å². The monoisotopic (exact) mass is 312 g/mol. The normalized spacial score (nSPS) is 23.4. The van der Waals surface area contributed by atoms with Crippen molar-refractivity contribution < 1.29 is 14.3 Å². The fourth-order valence-corrected chi connectivity index (χ4v) is 4.12. The highest BCUT2D eigenvalue weighted by molar-refractivity contribution is 6.02. The lowest BCUT2D eigenvalue weighted by molar-refractivity contribution is -0.141. The number of aromatic nitrogens is 1. The van der Waals surface area contributed by atoms with E-state index >= 15 is 0 Å². The van der Waals surface area contributed by atoms with Crippen LogP contribution in [0.3, 0.4) is 0 Å². The second kappa shape index (κ2) is 4.85. The van der Waals surface area contributed by atoms with Crippen molar-refractivity contribution in [2.24, 2.45) is 18.9 Å². The van der Waals surface area contributed by atoms with Crippen molar-refractivity contribution in [3.63, 3.8) is 0 Å². The number of esters is 1. The maximum atomic E-state index is 13.1. The summed E-state index contributed by atoms with van der Waals surface area (Å²) < 4.78 is 7.08. The summed E-state index contributed by atoms with van der Waals surface area (Å²) in [5.74, 6) is -0.128. The molecule has 0 bridgehead atoms. The Balaban J connectivity index is 1.74. The Bertz CT molecular complexity index is 836. The largest absolute Gasteiger partial charge is 0.465 e. The summed E-state index contributed by atoms with van der Waals surface area (Å²) >= 11 is 0. The second-order valence-electron chi connectivity index (χ2n) is 6.71. The minimum atomic E-state index is -0.157. The second-order valence-corrected chi connectivity index (χ2v) is 6.71. The molecule has 0 spiro atoms. The number of carbonyl (C=O) groups excluding carboxylic acids is 2. The predicted octanol–water partition coefficient (Wildman–Crippen LogP) is 2.04. The van der Waals surface area contributed by atoms with Crippen LogP contribution < -0.4 is 0 Å². The number of para-hydroxylation sites is 1. The molecule has 1 aromatic carbocycles. The van der Waals surface area contributed by atoms with Gasteiger partial charge < -0.3 is 14.2 Å². The van der Waals surface area contributed by atoms with Crippen molar-refractivity contribution in [2.75, 3.05) is 19.7 Å². The van der Waals surface area contributed by atoms with Crippen molar-refractivity contribution in [2.45, 2.75) is 13.8 Å². The fourth-order valence-electron chi connectivity index (χ4n) is 4.12. The van der Waals surface area contributed by atoms with Gasteiger partial charge in [-0.3, -0.25) is 9.59 Å². The summed E-state index contributed by atoms with van der Waals surface area (Å²) in [6, 6.07) is 6.14. The van der Waals surface area contributed by atoms with E-state index in [9.17, 15) is 9.59 Å². The lowest BCUT2D eigenvalue weighted by Gasteiger charge is -2.18. The first-order valence-electron chi connectivity index (χ1n) is 7.99. The molecule has 1 amide bonds. The minimum absolute atomic E-state index is 0.0165. The molecule has 0 radical (unpaired) electrons. The highest BCUT2D eigenvalue weighted by atomic mass is 16.5. The molecular formula is C18H20N2O3. The Morgan fingerprint density at radius 2 is 2.04 bits per heavy atom. The zero-order valence-corrected chi connectivity index (χ0v) is 13.6. The van der Waals surface area contributed by atoms with Crippen LogP contribution >= 0.6 is 0 Å². The molecule has 1 aromatic heterocycles. The van der Waals surface area contributed by atoms with E-state index in [-0.39, 0.29) is 23.7 Å². The number of hydrogen-bond acceptors (Lipinski definition) is 3. The third kappa shape index (κ3) is 1.92. The number of amides is 1. The number of aryl methyl sites for hydroxylation is 3. The molecule has 2 aromatic rings. The van der Waals surface area contributed by atoms with Gasteiger partial charge in [-0.15, -0.1) is 0 Å². The molecule has 2 saturated heterocycles. The third-order valence-electron chi connectivity index (χ3n) is 5.34. The molecule has 5 heteroatoms. The van der Waals surface area contributed by atoms with Gasteiger partial charge in [0.1, 0.15) is 5.69 Å². The van der Waals surface area contributed by atoms with Crippen molar-refractivity contribution >= 4 is 22.8 Å². The zero-order chi connectivity index (χ0) is 16.3. The highest BCUT2D eigenvalue weighted by Crippen LogP contribution is 2.33. The Kier molecular flexibility index (Phi) is 3.01. The number of ether oxygens (including phenoxy) is 1. The molecule has 2 atom stereocenters. The van der Waals surface area contributed by atoms with Gasteiger partial charge in [-0.25, -0.2) is 0 Å². The van der Waals surface area contributed by atoms with E-state index in [0.29, 0.717) is 19.7 Å². The topological polar surface area (TPSA) is 51.5 Å². The SMILES string of the molecule is Cc1c(C(=O)N2C[C@@H]3COC(=O)[C@@H]3C2)n(C)c2c(C)cccc12. The molecule has 120 valence electrons. The predicted molar refractivity (Wildman–Crippen MR) is 86.2 cm³/mol. The van der Waals surface area contributed by atoms with Crippen molar-refractivity contribution in [1.82, 2.24) is 9.47 Å². The van der Waals surface area contributed by atoms with Crippen LogP contribution in [0.4, 0.5) is 0 Å². The van der Waals surface area contributed by atoms with E-state index in [1.54, 1.807) is 0 Å². The lowest BCUT2D eigenvalue weighted by Crippen LogP contribution is -2.32. The van der Waals surface area contributed by atoms with Crippen molar-refractivity contribution in [1.29, 1.82) is 0 Å². The lowest BCUT2D eigenvalue weighted by atomic mass is 10.0. The van der Waals surface area contributed by atoms with Gasteiger partial charge in [0.2, 0.25) is 0 Å². The van der Waals surface area contributed by atoms with Crippen LogP contribution in [-0.4, -0.2) is 41.0 Å². The van der Waals surface area contributed by atoms with Gasteiger partial charge in [0.15, 0.2) is 0 Å². The van der Waals surface area contributed by atoms with E-state index < -0.39 is 0 Å². The molecule has 2 fully saturated rings. The van der Waals surface area contributed by atoms with Crippen LogP contribution in [0.25, 0.3) is 10.9 Å². The van der Waals surface area contributed by atoms with Gasteiger partial charge in [0.05, 0.1) is 18.0 Å². The summed E-state index contributed by atoms with van der Waals surface area (Å²) in [6.07, 6.45) is 0. The minimum Gasteiger partial charge on any atom is -0.465 e. The van der Waals surface area contributed by atoms with Crippen LogP contribution in [0.15, 0.2) is 18.2 Å². The van der Waals surface area contributed by atoms with Crippen LogP contribution in [0.5, 0.6) is 0 Å². The van der Waals surface area contributed by atoms with Gasteiger partial charge in [0.25, 0.3) is 5.91 Å². The first-order chi connectivity index (χ1) is 11.0. The Morgan fingerprint density at radius 3 is 2.74 bits per heavy atom. The average molecular weight is 312 g/mol. The smallest absolute Gasteiger partial charge is 0.311 e. The van der Waals surface area contributed by atoms with Crippen molar-refractivity contribution in [3.05, 3.63) is 35.0 Å². The highest BCUT2D eigenvalue weighted by Gasteiger charge is 2.46. The Morgan fingerprint density at radius 1 is 1.26 bits per heavy atom. The van der Waals surface area contributed by atoms with Gasteiger partial charge in [-0.1, -0.05) is 18.2 Å². The zero-order valence-electron chi connectivity index (χ0n) is 13.6. The van der Waals surface area contributed by atoms with Crippen LogP contribution in [0.1, 0.15) is 21.6 Å². The van der Waals surface area contributed by atoms with Crippen LogP contribution in [-0.2, 0) is 16.6 Å². The standard InChI is InChI=1S/C18H20N2O3/c1-10-5-4-6-13-11(2)16(19(3)15(10)13)17(21)20-7-12-9-23-18(22)14(12)8-20/h4-6,12,14H,7-9H2,1-3H3/t12-,14-/m1/s1. The van der Waals surface area contributed by atoms with E-state index in [1.165, 1.54) is 0 Å². The molecule has 0 unspecified atom stereocenters. The van der Waals surface area contributed by atoms with E-state index in [4.69, 9.17) is 4.74 Å². The molecule has 5 nitrogen and oxygen atoms in total. The number of carbonyl (C=O) groups is 2. The number of nitrogens with zero attached hydrogens (tertiary/aromatic N) is 2. The first-order valence-corrected chi connectivity index (χ1v) is 7.99. The molecule has 2 aliphatic rings. The molecule has 2 aliphatic heterocycles. The van der Waals surface area contributed by atoms with Gasteiger partial charge >= 0.3 is 5.97 Å². The molecular weight excluding hydrogens is 292 g/mol. The number of cyclic esters (lactones) is 1. The molecule has 3 heterocycles. The summed E-state index contributed by atoms with van der Waals surface area (Å²) in [5, 5.41) is 1.12. The number of rotatable bonds is 1. The number of likely N-dealkylation sites (tertiary alicyclic amines) is 1. The average Bonchev–Trinajstić information content (AvgIpc) is 3.15. The maximum Gasteiger partial charge on any atom is 0.311 e. The first kappa shape index (κ1) is 14.3. The molecule has 23 heavy (non-hydrogen) atoms. The summed E-state index contributed by atoms with van der Waals surface area (Å²) in [7, 11) is 1.95. The van der Waals surface area contributed by atoms with Crippen molar-refractivity contribution in [3.8, 4) is 0 Å². The summed E-state index contributed by atoms with van der Waals surface area (Å²) in [6.45, 7) is 5.59. The third-order valence-corrected chi connectivity index (χ3v) is 5.34. The molecule has 0 N–H and O–H groups in total. The molecule has 4 rings (SSSR count). The number of hydrogen-bond donors (Lipinski definition) is 0. The van der Waals surface area contributed by atoms with Gasteiger partial charge in [0, 0.05) is 31.4 Å². The Hall–Kier alpha value is -2.30. The van der Waals surface area contributed by atoms with E-state index in [1.807, 2.05) is 29.5 Å². The summed E-state index contributed by atoms with van der Waals surface area (Å²) in [4.78, 5) is 26.6. The van der Waals surface area contributed by atoms with Gasteiger partial charge in [-0.05, 0) is 25.0 Å². The number of benzene rings is 1. The quantitative estimate of drug-likeness (QED) is 0.757. The van der Waals surface area contributed by atoms with Gasteiger partial charge in [-0.2, -0.15) is 0 Å². The van der Waals surface area contributed by atoms with E-state index in [0.717, 1.165) is 27.7 Å². The molecule has 0 aliphatic carbocycles. The number of fused-ring (bicyclic) bond motifs is 2. The van der Waals surface area contributed by atoms with E-state index in [2.05, 4.69) is 19.1 Å². The fraction of sp³-hybridized carbons (Fsp3) is 0.444. The summed E-state index contributed by atoms with van der Waals surface area (Å²) in [5.41, 5.74) is 4.00. The maximum absolute atomic E-state index is 13.1.